The quantitative estimate of drug-likeness (QED) is 0.613. The molecule has 28 heavy (non-hydrogen) atoms. The van der Waals surface area contributed by atoms with Gasteiger partial charge in [-0.3, -0.25) is 13.2 Å². The monoisotopic (exact) mass is 410 g/mol. The van der Waals surface area contributed by atoms with Crippen LogP contribution in [0.2, 0.25) is 0 Å². The maximum Gasteiger partial charge on any atom is 0.333 e. The molecule has 12 nitrogen and oxygen atoms in total. The third-order valence-electron chi connectivity index (χ3n) is 4.75. The van der Waals surface area contributed by atoms with Crippen molar-refractivity contribution >= 4 is 27.1 Å². The molecule has 2 saturated heterocycles. The molecule has 3 aromatic heterocycles. The van der Waals surface area contributed by atoms with E-state index in [0.29, 0.717) is 16.8 Å². The summed E-state index contributed by atoms with van der Waals surface area (Å²) in [4.78, 5) is 13.2. The SMILES string of the molecule is CC1(C)OC2[C@@H](COS(N)(=O)=O)O[C@@H](n3cnc4c3ncn3ccnc43)[C@H]2O1. The predicted octanol–water partition coefficient (Wildman–Crippen LogP) is -0.283. The molecule has 3 aromatic rings. The molecule has 2 aliphatic rings. The van der Waals surface area contributed by atoms with Crippen LogP contribution in [0, 0.1) is 0 Å². The van der Waals surface area contributed by atoms with Gasteiger partial charge in [-0.05, 0) is 13.8 Å². The highest BCUT2D eigenvalue weighted by Gasteiger charge is 2.56. The van der Waals surface area contributed by atoms with Crippen molar-refractivity contribution in [2.24, 2.45) is 5.14 Å². The van der Waals surface area contributed by atoms with Gasteiger partial charge in [0.1, 0.15) is 24.6 Å². The van der Waals surface area contributed by atoms with Gasteiger partial charge in [0.25, 0.3) is 0 Å². The fraction of sp³-hybridized carbons (Fsp3) is 0.533. The van der Waals surface area contributed by atoms with Crippen LogP contribution in [0.4, 0.5) is 0 Å². The molecule has 0 spiro atoms. The highest BCUT2D eigenvalue weighted by Crippen LogP contribution is 2.43. The first-order chi connectivity index (χ1) is 13.2. The van der Waals surface area contributed by atoms with E-state index in [1.807, 2.05) is 0 Å². The van der Waals surface area contributed by atoms with Crippen molar-refractivity contribution in [3.05, 3.63) is 25.0 Å². The molecular weight excluding hydrogens is 392 g/mol. The average Bonchev–Trinajstić information content (AvgIpc) is 3.32. The summed E-state index contributed by atoms with van der Waals surface area (Å²) in [6, 6.07) is 0. The molecule has 0 saturated carbocycles. The van der Waals surface area contributed by atoms with Gasteiger partial charge in [0, 0.05) is 12.4 Å². The Labute approximate surface area is 159 Å². The molecule has 5 heterocycles. The highest BCUT2D eigenvalue weighted by molar-refractivity contribution is 7.84. The van der Waals surface area contributed by atoms with Crippen LogP contribution in [0.5, 0.6) is 0 Å². The Bertz CT molecular complexity index is 1160. The fourth-order valence-corrected chi connectivity index (χ4v) is 4.04. The normalized spacial score (nSPS) is 29.7. The summed E-state index contributed by atoms with van der Waals surface area (Å²) in [7, 11) is -4.11. The summed E-state index contributed by atoms with van der Waals surface area (Å²) >= 11 is 0. The van der Waals surface area contributed by atoms with Crippen molar-refractivity contribution in [3.63, 3.8) is 0 Å². The van der Waals surface area contributed by atoms with Crippen LogP contribution in [-0.4, -0.2) is 63.0 Å². The van der Waals surface area contributed by atoms with E-state index in [-0.39, 0.29) is 6.61 Å². The molecular formula is C15H18N6O6S. The second-order valence-electron chi connectivity index (χ2n) is 7.13. The van der Waals surface area contributed by atoms with Crippen molar-refractivity contribution in [2.75, 3.05) is 6.61 Å². The van der Waals surface area contributed by atoms with Gasteiger partial charge in [-0.2, -0.15) is 8.42 Å². The summed E-state index contributed by atoms with van der Waals surface area (Å²) in [5, 5.41) is 4.94. The summed E-state index contributed by atoms with van der Waals surface area (Å²) < 4.78 is 48.5. The van der Waals surface area contributed by atoms with Gasteiger partial charge in [-0.1, -0.05) is 0 Å². The topological polar surface area (TPSA) is 145 Å². The first kappa shape index (κ1) is 17.9. The molecule has 4 atom stereocenters. The highest BCUT2D eigenvalue weighted by atomic mass is 32.2. The molecule has 0 radical (unpaired) electrons. The molecule has 0 bridgehead atoms. The molecule has 0 amide bonds. The van der Waals surface area contributed by atoms with Gasteiger partial charge in [-0.25, -0.2) is 20.1 Å². The Balaban J connectivity index is 1.53. The molecule has 150 valence electrons. The molecule has 2 fully saturated rings. The zero-order chi connectivity index (χ0) is 19.7. The largest absolute Gasteiger partial charge is 0.347 e. The molecule has 2 N–H and O–H groups in total. The third-order valence-corrected chi connectivity index (χ3v) is 5.21. The van der Waals surface area contributed by atoms with Crippen LogP contribution >= 0.6 is 0 Å². The lowest BCUT2D eigenvalue weighted by molar-refractivity contribution is -0.198. The van der Waals surface area contributed by atoms with Gasteiger partial charge < -0.3 is 14.2 Å². The van der Waals surface area contributed by atoms with Gasteiger partial charge in [0.2, 0.25) is 0 Å². The van der Waals surface area contributed by atoms with Gasteiger partial charge in [-0.15, -0.1) is 0 Å². The Kier molecular flexibility index (Phi) is 3.78. The van der Waals surface area contributed by atoms with E-state index < -0.39 is 40.6 Å². The lowest BCUT2D eigenvalue weighted by atomic mass is 10.1. The summed E-state index contributed by atoms with van der Waals surface area (Å²) in [6.45, 7) is 3.26. The van der Waals surface area contributed by atoms with Gasteiger partial charge >= 0.3 is 10.3 Å². The lowest BCUT2D eigenvalue weighted by Gasteiger charge is -2.24. The second-order valence-corrected chi connectivity index (χ2v) is 8.36. The van der Waals surface area contributed by atoms with Crippen molar-refractivity contribution in [3.8, 4) is 0 Å². The van der Waals surface area contributed by atoms with E-state index >= 15 is 0 Å². The van der Waals surface area contributed by atoms with Crippen molar-refractivity contribution in [1.29, 1.82) is 0 Å². The number of fused-ring (bicyclic) bond motifs is 4. The van der Waals surface area contributed by atoms with E-state index in [0.717, 1.165) is 0 Å². The number of rotatable bonds is 4. The number of hydrogen-bond donors (Lipinski definition) is 1. The van der Waals surface area contributed by atoms with Gasteiger partial charge in [0.15, 0.2) is 28.8 Å². The van der Waals surface area contributed by atoms with E-state index in [1.54, 1.807) is 47.9 Å². The predicted molar refractivity (Wildman–Crippen MR) is 93.1 cm³/mol. The van der Waals surface area contributed by atoms with Gasteiger partial charge in [0.05, 0.1) is 12.9 Å². The zero-order valence-electron chi connectivity index (χ0n) is 15.0. The summed E-state index contributed by atoms with van der Waals surface area (Å²) in [5.41, 5.74) is 1.83. The number of aromatic nitrogens is 5. The van der Waals surface area contributed by atoms with Crippen LogP contribution in [0.1, 0.15) is 20.1 Å². The molecule has 13 heteroatoms. The number of hydrogen-bond acceptors (Lipinski definition) is 9. The summed E-state index contributed by atoms with van der Waals surface area (Å²) in [5.74, 6) is -0.864. The first-order valence-corrected chi connectivity index (χ1v) is 10.0. The van der Waals surface area contributed by atoms with Crippen molar-refractivity contribution in [1.82, 2.24) is 23.9 Å². The minimum Gasteiger partial charge on any atom is -0.347 e. The molecule has 0 aliphatic carbocycles. The summed E-state index contributed by atoms with van der Waals surface area (Å²) in [6.07, 6.45) is 4.25. The van der Waals surface area contributed by atoms with Crippen molar-refractivity contribution in [2.45, 2.75) is 44.2 Å². The number of ether oxygens (including phenoxy) is 3. The Morgan fingerprint density at radius 2 is 1.96 bits per heavy atom. The number of nitrogens with zero attached hydrogens (tertiary/aromatic N) is 5. The second kappa shape index (κ2) is 5.92. The van der Waals surface area contributed by atoms with E-state index in [9.17, 15) is 8.42 Å². The third kappa shape index (κ3) is 2.87. The Morgan fingerprint density at radius 3 is 2.75 bits per heavy atom. The van der Waals surface area contributed by atoms with Crippen LogP contribution in [0.3, 0.4) is 0 Å². The first-order valence-electron chi connectivity index (χ1n) is 8.54. The number of nitrogens with two attached hydrogens (primary N) is 1. The molecule has 5 rings (SSSR count). The lowest BCUT2D eigenvalue weighted by Crippen LogP contribution is -2.34. The Hall–Kier alpha value is -2.16. The minimum atomic E-state index is -4.11. The van der Waals surface area contributed by atoms with Crippen LogP contribution in [0.15, 0.2) is 25.0 Å². The maximum absolute atomic E-state index is 11.2. The fourth-order valence-electron chi connectivity index (χ4n) is 3.71. The van der Waals surface area contributed by atoms with Crippen LogP contribution in [-0.2, 0) is 28.7 Å². The van der Waals surface area contributed by atoms with E-state index in [4.69, 9.17) is 23.5 Å². The molecule has 1 unspecified atom stereocenters. The number of imidazole rings is 2. The zero-order valence-corrected chi connectivity index (χ0v) is 15.8. The van der Waals surface area contributed by atoms with Crippen LogP contribution < -0.4 is 5.14 Å². The Morgan fingerprint density at radius 1 is 1.18 bits per heavy atom. The minimum absolute atomic E-state index is 0.291. The van der Waals surface area contributed by atoms with Crippen LogP contribution in [0.25, 0.3) is 16.8 Å². The molecule has 0 aromatic carbocycles. The van der Waals surface area contributed by atoms with E-state index in [1.165, 1.54) is 0 Å². The maximum atomic E-state index is 11.2. The van der Waals surface area contributed by atoms with E-state index in [2.05, 4.69) is 15.0 Å². The standard InChI is InChI=1S/C15H18N6O6S/c1-15(2)26-10-8(5-24-28(16,22)23)25-14(11(10)27-15)21-7-18-9-12-17-3-4-20(12)6-19-13(9)21/h3-4,6-8,10-11,14H,5H2,1-2H3,(H2,16,22,23)/t8-,10?,11+,14-/m1/s1. The van der Waals surface area contributed by atoms with Crippen molar-refractivity contribution < 1.29 is 26.8 Å². The smallest absolute Gasteiger partial charge is 0.333 e. The average molecular weight is 410 g/mol. The molecule has 2 aliphatic heterocycles.